The van der Waals surface area contributed by atoms with E-state index in [0.717, 1.165) is 17.7 Å². The van der Waals surface area contributed by atoms with Crippen molar-refractivity contribution in [2.75, 3.05) is 7.11 Å². The van der Waals surface area contributed by atoms with Crippen LogP contribution < -0.4 is 10.2 Å². The molecule has 2 rings (SSSR count). The van der Waals surface area contributed by atoms with Crippen LogP contribution in [0, 0.1) is 0 Å². The van der Waals surface area contributed by atoms with E-state index in [4.69, 9.17) is 21.2 Å². The van der Waals surface area contributed by atoms with Crippen LogP contribution >= 0.6 is 11.6 Å². The average Bonchev–Trinajstić information content (AvgIpc) is 2.50. The topological polar surface area (TPSA) is 30.5 Å². The Labute approximate surface area is 101 Å². The van der Waals surface area contributed by atoms with Crippen molar-refractivity contribution in [1.29, 1.82) is 0 Å². The zero-order valence-electron chi connectivity index (χ0n) is 9.76. The molecule has 0 aromatic heterocycles. The first-order valence-electron chi connectivity index (χ1n) is 5.28. The van der Waals surface area contributed by atoms with Gasteiger partial charge in [0, 0.05) is 13.0 Å². The van der Waals surface area contributed by atoms with Gasteiger partial charge in [-0.15, -0.1) is 0 Å². The van der Waals surface area contributed by atoms with Crippen LogP contribution in [0.1, 0.15) is 25.0 Å². The molecule has 4 heteroatoms. The molecule has 1 aromatic rings. The molecule has 0 saturated carbocycles. The molecule has 0 amide bonds. The van der Waals surface area contributed by atoms with Crippen molar-refractivity contribution in [3.05, 3.63) is 28.3 Å². The Morgan fingerprint density at radius 2 is 2.25 bits per heavy atom. The van der Waals surface area contributed by atoms with E-state index in [2.05, 4.69) is 25.4 Å². The summed E-state index contributed by atoms with van der Waals surface area (Å²) >= 11 is 6.19. The first kappa shape index (κ1) is 11.7. The molecule has 0 aliphatic carbocycles. The maximum atomic E-state index is 6.19. The quantitative estimate of drug-likeness (QED) is 0.826. The number of halogens is 1. The maximum Gasteiger partial charge on any atom is 0.142 e. The number of ether oxygens (including phenoxy) is 1. The minimum Gasteiger partial charge on any atom is -0.486 e. The Hall–Kier alpha value is -0.770. The fourth-order valence-corrected chi connectivity index (χ4v) is 2.29. The summed E-state index contributed by atoms with van der Waals surface area (Å²) in [6, 6.07) is 4.02. The summed E-state index contributed by atoms with van der Waals surface area (Å²) < 4.78 is 5.80. The zero-order valence-corrected chi connectivity index (χ0v) is 10.5. The van der Waals surface area contributed by atoms with Gasteiger partial charge in [0.1, 0.15) is 11.4 Å². The van der Waals surface area contributed by atoms with Gasteiger partial charge in [0.05, 0.1) is 12.1 Å². The van der Waals surface area contributed by atoms with Gasteiger partial charge in [-0.2, -0.15) is 5.48 Å². The molecular formula is C12H16ClNO2. The number of hydroxylamine groups is 1. The molecule has 0 bridgehead atoms. The van der Waals surface area contributed by atoms with E-state index < -0.39 is 0 Å². The van der Waals surface area contributed by atoms with Crippen molar-refractivity contribution < 1.29 is 9.57 Å². The molecule has 1 aliphatic heterocycles. The number of rotatable bonds is 3. The molecule has 3 nitrogen and oxygen atoms in total. The summed E-state index contributed by atoms with van der Waals surface area (Å²) in [7, 11) is 1.60. The molecule has 1 heterocycles. The van der Waals surface area contributed by atoms with Gasteiger partial charge in [0.2, 0.25) is 0 Å². The van der Waals surface area contributed by atoms with Crippen molar-refractivity contribution >= 4 is 11.6 Å². The molecule has 1 aromatic carbocycles. The predicted octanol–water partition coefficient (Wildman–Crippen LogP) is 2.70. The largest absolute Gasteiger partial charge is 0.486 e. The van der Waals surface area contributed by atoms with Crippen LogP contribution in [-0.4, -0.2) is 12.7 Å². The summed E-state index contributed by atoms with van der Waals surface area (Å²) in [6.07, 6.45) is 0.892. The van der Waals surface area contributed by atoms with E-state index in [1.165, 1.54) is 5.56 Å². The van der Waals surface area contributed by atoms with Crippen molar-refractivity contribution in [3.63, 3.8) is 0 Å². The number of hydrogen-bond acceptors (Lipinski definition) is 3. The van der Waals surface area contributed by atoms with Crippen molar-refractivity contribution in [2.24, 2.45) is 0 Å². The fourth-order valence-electron chi connectivity index (χ4n) is 1.99. The summed E-state index contributed by atoms with van der Waals surface area (Å²) in [5, 5.41) is 0.677. The molecule has 0 spiro atoms. The van der Waals surface area contributed by atoms with E-state index in [0.29, 0.717) is 11.6 Å². The van der Waals surface area contributed by atoms with Gasteiger partial charge < -0.3 is 9.57 Å². The minimum atomic E-state index is -0.153. The highest BCUT2D eigenvalue weighted by Gasteiger charge is 2.31. The summed E-state index contributed by atoms with van der Waals surface area (Å²) in [5.41, 5.74) is 4.93. The molecule has 1 aliphatic rings. The minimum absolute atomic E-state index is 0.153. The summed E-state index contributed by atoms with van der Waals surface area (Å²) in [5.74, 6) is 0.827. The lowest BCUT2D eigenvalue weighted by Crippen LogP contribution is -2.24. The normalized spacial score (nSPS) is 17.0. The SMILES string of the molecule is CONCc1cc(Cl)c2c(c1)CC(C)(C)O2. The lowest BCUT2D eigenvalue weighted by atomic mass is 10.0. The lowest BCUT2D eigenvalue weighted by molar-refractivity contribution is 0.0867. The van der Waals surface area contributed by atoms with E-state index >= 15 is 0 Å². The third-order valence-corrected chi connectivity index (χ3v) is 2.88. The summed E-state index contributed by atoms with van der Waals surface area (Å²) in [6.45, 7) is 4.77. The second-order valence-electron chi connectivity index (χ2n) is 4.63. The van der Waals surface area contributed by atoms with Crippen molar-refractivity contribution in [3.8, 4) is 5.75 Å². The van der Waals surface area contributed by atoms with Crippen molar-refractivity contribution in [2.45, 2.75) is 32.4 Å². The Balaban J connectivity index is 2.27. The van der Waals surface area contributed by atoms with Gasteiger partial charge in [-0.05, 0) is 31.0 Å². The number of fused-ring (bicyclic) bond motifs is 1. The van der Waals surface area contributed by atoms with Gasteiger partial charge in [-0.1, -0.05) is 17.7 Å². The molecule has 0 radical (unpaired) electrons. The molecule has 0 fully saturated rings. The van der Waals surface area contributed by atoms with Crippen LogP contribution in [0.2, 0.25) is 5.02 Å². The monoisotopic (exact) mass is 241 g/mol. The summed E-state index contributed by atoms with van der Waals surface area (Å²) in [4.78, 5) is 4.82. The molecular weight excluding hydrogens is 226 g/mol. The second-order valence-corrected chi connectivity index (χ2v) is 5.04. The number of benzene rings is 1. The predicted molar refractivity (Wildman–Crippen MR) is 63.7 cm³/mol. The molecule has 0 saturated heterocycles. The van der Waals surface area contributed by atoms with Gasteiger partial charge in [0.15, 0.2) is 0 Å². The Kier molecular flexibility index (Phi) is 3.10. The van der Waals surface area contributed by atoms with E-state index in [1.807, 2.05) is 6.07 Å². The molecule has 0 atom stereocenters. The van der Waals surface area contributed by atoms with Crippen LogP contribution in [-0.2, 0) is 17.8 Å². The third kappa shape index (κ3) is 2.32. The Morgan fingerprint density at radius 3 is 2.94 bits per heavy atom. The molecule has 1 N–H and O–H groups in total. The van der Waals surface area contributed by atoms with Crippen LogP contribution in [0.15, 0.2) is 12.1 Å². The smallest absolute Gasteiger partial charge is 0.142 e. The Bertz CT molecular complexity index is 404. The molecule has 16 heavy (non-hydrogen) atoms. The standard InChI is InChI=1S/C12H16ClNO2/c1-12(2)6-9-4-8(7-14-15-3)5-10(13)11(9)16-12/h4-5,14H,6-7H2,1-3H3. The first-order chi connectivity index (χ1) is 7.52. The number of hydrogen-bond donors (Lipinski definition) is 1. The average molecular weight is 242 g/mol. The van der Waals surface area contributed by atoms with E-state index in [9.17, 15) is 0 Å². The third-order valence-electron chi connectivity index (χ3n) is 2.60. The van der Waals surface area contributed by atoms with E-state index in [1.54, 1.807) is 7.11 Å². The van der Waals surface area contributed by atoms with Gasteiger partial charge in [-0.25, -0.2) is 0 Å². The highest BCUT2D eigenvalue weighted by atomic mass is 35.5. The molecule has 88 valence electrons. The Morgan fingerprint density at radius 1 is 1.50 bits per heavy atom. The van der Waals surface area contributed by atoms with Gasteiger partial charge in [0.25, 0.3) is 0 Å². The van der Waals surface area contributed by atoms with Crippen LogP contribution in [0.4, 0.5) is 0 Å². The highest BCUT2D eigenvalue weighted by Crippen LogP contribution is 2.40. The van der Waals surface area contributed by atoms with Crippen LogP contribution in [0.5, 0.6) is 5.75 Å². The fraction of sp³-hybridized carbons (Fsp3) is 0.500. The lowest BCUT2D eigenvalue weighted by Gasteiger charge is -2.17. The maximum absolute atomic E-state index is 6.19. The van der Waals surface area contributed by atoms with Gasteiger partial charge >= 0.3 is 0 Å². The van der Waals surface area contributed by atoms with Crippen LogP contribution in [0.25, 0.3) is 0 Å². The van der Waals surface area contributed by atoms with Crippen LogP contribution in [0.3, 0.4) is 0 Å². The highest BCUT2D eigenvalue weighted by molar-refractivity contribution is 6.32. The number of nitrogens with one attached hydrogen (secondary N) is 1. The zero-order chi connectivity index (χ0) is 11.8. The van der Waals surface area contributed by atoms with E-state index in [-0.39, 0.29) is 5.60 Å². The molecule has 0 unspecified atom stereocenters. The van der Waals surface area contributed by atoms with Gasteiger partial charge in [-0.3, -0.25) is 0 Å². The first-order valence-corrected chi connectivity index (χ1v) is 5.66. The van der Waals surface area contributed by atoms with Crippen molar-refractivity contribution in [1.82, 2.24) is 5.48 Å². The second kappa shape index (κ2) is 4.24.